The molecule has 3 aromatic rings. The van der Waals surface area contributed by atoms with Crippen LogP contribution in [-0.2, 0) is 11.3 Å². The molecule has 0 aliphatic rings. The Balaban J connectivity index is 1.54. The molecule has 0 radical (unpaired) electrons. The second kappa shape index (κ2) is 9.49. The van der Waals surface area contributed by atoms with Gasteiger partial charge in [-0.2, -0.15) is 10.2 Å². The molecule has 0 aliphatic heterocycles. The van der Waals surface area contributed by atoms with Crippen LogP contribution in [0.25, 0.3) is 0 Å². The summed E-state index contributed by atoms with van der Waals surface area (Å²) in [6.45, 7) is 5.68. The molecule has 0 unspecified atom stereocenters. The Kier molecular flexibility index (Phi) is 6.79. The molecule has 0 fully saturated rings. The highest BCUT2D eigenvalue weighted by Gasteiger charge is 2.12. The van der Waals surface area contributed by atoms with Crippen molar-refractivity contribution in [1.82, 2.24) is 15.2 Å². The third-order valence-corrected chi connectivity index (χ3v) is 5.59. The zero-order chi connectivity index (χ0) is 21.7. The monoisotopic (exact) mass is 468 g/mol. The molecule has 1 amide bonds. The molecule has 1 heterocycles. The van der Waals surface area contributed by atoms with Gasteiger partial charge in [-0.1, -0.05) is 18.2 Å². The van der Waals surface area contributed by atoms with Crippen molar-refractivity contribution in [3.63, 3.8) is 0 Å². The summed E-state index contributed by atoms with van der Waals surface area (Å²) in [5, 5.41) is 8.25. The Labute approximate surface area is 182 Å². The van der Waals surface area contributed by atoms with Gasteiger partial charge in [0, 0.05) is 0 Å². The van der Waals surface area contributed by atoms with Crippen LogP contribution in [0.15, 0.2) is 58.1 Å². The summed E-state index contributed by atoms with van der Waals surface area (Å²) in [7, 11) is 0. The Morgan fingerprint density at radius 2 is 1.83 bits per heavy atom. The van der Waals surface area contributed by atoms with E-state index >= 15 is 0 Å². The lowest BCUT2D eigenvalue weighted by molar-refractivity contribution is -0.121. The van der Waals surface area contributed by atoms with E-state index in [0.29, 0.717) is 11.3 Å². The summed E-state index contributed by atoms with van der Waals surface area (Å²) in [4.78, 5) is 24.3. The lowest BCUT2D eigenvalue weighted by atomic mass is 10.1. The lowest BCUT2D eigenvalue weighted by Crippen LogP contribution is -2.24. The fraction of sp³-hybridized carbons (Fsp3) is 0.182. The number of aryl methyl sites for hydroxylation is 2. The molecule has 3 rings (SSSR count). The Bertz CT molecular complexity index is 1100. The predicted molar refractivity (Wildman–Crippen MR) is 118 cm³/mol. The molecule has 0 atom stereocenters. The number of rotatable bonds is 6. The van der Waals surface area contributed by atoms with E-state index in [9.17, 15) is 9.59 Å². The number of ether oxygens (including phenoxy) is 1. The Morgan fingerprint density at radius 1 is 1.13 bits per heavy atom. The summed E-state index contributed by atoms with van der Waals surface area (Å²) in [6.07, 6.45) is 1.52. The van der Waals surface area contributed by atoms with Gasteiger partial charge in [-0.3, -0.25) is 9.48 Å². The van der Waals surface area contributed by atoms with Crippen molar-refractivity contribution in [2.75, 3.05) is 0 Å². The third-order valence-electron chi connectivity index (χ3n) is 4.45. The van der Waals surface area contributed by atoms with E-state index in [4.69, 9.17) is 4.74 Å². The molecule has 1 aromatic heterocycles. The number of hydrazone groups is 1. The standard InChI is InChI=1S/C22H21BrN4O3/c1-14-6-4-5-7-19(14)22(29)30-18-10-8-17(9-11-18)12-24-25-20(28)13-27-16(3)21(23)15(2)26-27/h4-12H,13H2,1-3H3,(H,25,28). The van der Waals surface area contributed by atoms with Gasteiger partial charge < -0.3 is 4.74 Å². The molecule has 7 nitrogen and oxygen atoms in total. The van der Waals surface area contributed by atoms with Gasteiger partial charge in [-0.15, -0.1) is 0 Å². The van der Waals surface area contributed by atoms with Crippen LogP contribution < -0.4 is 10.2 Å². The average Bonchev–Trinajstić information content (AvgIpc) is 2.96. The van der Waals surface area contributed by atoms with Gasteiger partial charge in [-0.05, 0) is 78.2 Å². The van der Waals surface area contributed by atoms with Crippen LogP contribution in [0.4, 0.5) is 0 Å². The first-order valence-electron chi connectivity index (χ1n) is 9.24. The number of hydrogen-bond donors (Lipinski definition) is 1. The minimum atomic E-state index is -0.405. The SMILES string of the molecule is Cc1ccccc1C(=O)Oc1ccc(C=NNC(=O)Cn2nc(C)c(Br)c2C)cc1. The number of amides is 1. The fourth-order valence-electron chi connectivity index (χ4n) is 2.77. The van der Waals surface area contributed by atoms with Crippen LogP contribution in [0.2, 0.25) is 0 Å². The lowest BCUT2D eigenvalue weighted by Gasteiger charge is -2.06. The topological polar surface area (TPSA) is 85.6 Å². The van der Waals surface area contributed by atoms with E-state index in [1.807, 2.05) is 32.9 Å². The Hall–Kier alpha value is -3.26. The maximum Gasteiger partial charge on any atom is 0.343 e. The first-order valence-corrected chi connectivity index (χ1v) is 10.0. The number of hydrogen-bond acceptors (Lipinski definition) is 5. The molecule has 30 heavy (non-hydrogen) atoms. The highest BCUT2D eigenvalue weighted by atomic mass is 79.9. The normalized spacial score (nSPS) is 10.9. The minimum absolute atomic E-state index is 0.0728. The molecule has 0 bridgehead atoms. The first kappa shape index (κ1) is 21.4. The maximum atomic E-state index is 12.3. The van der Waals surface area contributed by atoms with Crippen molar-refractivity contribution in [1.29, 1.82) is 0 Å². The number of benzene rings is 2. The molecule has 1 N–H and O–H groups in total. The van der Waals surface area contributed by atoms with Gasteiger partial charge in [0.25, 0.3) is 5.91 Å². The van der Waals surface area contributed by atoms with Crippen molar-refractivity contribution in [2.24, 2.45) is 5.10 Å². The highest BCUT2D eigenvalue weighted by Crippen LogP contribution is 2.19. The van der Waals surface area contributed by atoms with E-state index in [1.165, 1.54) is 6.21 Å². The molecule has 2 aromatic carbocycles. The van der Waals surface area contributed by atoms with Gasteiger partial charge in [0.1, 0.15) is 12.3 Å². The Morgan fingerprint density at radius 3 is 2.47 bits per heavy atom. The molecule has 0 saturated carbocycles. The van der Waals surface area contributed by atoms with Gasteiger partial charge >= 0.3 is 5.97 Å². The summed E-state index contributed by atoms with van der Waals surface area (Å²) >= 11 is 3.43. The van der Waals surface area contributed by atoms with Crippen LogP contribution >= 0.6 is 15.9 Å². The third kappa shape index (κ3) is 5.21. The van der Waals surface area contributed by atoms with Gasteiger partial charge in [0.15, 0.2) is 0 Å². The second-order valence-corrected chi connectivity index (χ2v) is 7.50. The summed E-state index contributed by atoms with van der Waals surface area (Å²) in [6, 6.07) is 14.1. The van der Waals surface area contributed by atoms with Crippen molar-refractivity contribution in [2.45, 2.75) is 27.3 Å². The molecule has 0 aliphatic carbocycles. The van der Waals surface area contributed by atoms with Crippen LogP contribution in [-0.4, -0.2) is 27.9 Å². The highest BCUT2D eigenvalue weighted by molar-refractivity contribution is 9.10. The van der Waals surface area contributed by atoms with Gasteiger partial charge in [-0.25, -0.2) is 10.2 Å². The van der Waals surface area contributed by atoms with Crippen molar-refractivity contribution in [3.8, 4) is 5.75 Å². The van der Waals surface area contributed by atoms with Gasteiger partial charge in [0.05, 0.1) is 27.6 Å². The van der Waals surface area contributed by atoms with Crippen molar-refractivity contribution >= 4 is 34.0 Å². The number of carbonyl (C=O) groups excluding carboxylic acids is 2. The van der Waals surface area contributed by atoms with E-state index in [0.717, 1.165) is 27.0 Å². The molecule has 0 saturated heterocycles. The number of carbonyl (C=O) groups is 2. The van der Waals surface area contributed by atoms with Crippen LogP contribution in [0.1, 0.15) is 32.9 Å². The molecule has 0 spiro atoms. The van der Waals surface area contributed by atoms with E-state index in [2.05, 4.69) is 31.6 Å². The van der Waals surface area contributed by atoms with Crippen LogP contribution in [0.3, 0.4) is 0 Å². The van der Waals surface area contributed by atoms with Crippen LogP contribution in [0.5, 0.6) is 5.75 Å². The fourth-order valence-corrected chi connectivity index (χ4v) is 3.05. The second-order valence-electron chi connectivity index (χ2n) is 6.71. The zero-order valence-electron chi connectivity index (χ0n) is 16.8. The minimum Gasteiger partial charge on any atom is -0.423 e. The number of nitrogens with one attached hydrogen (secondary N) is 1. The first-order chi connectivity index (χ1) is 14.3. The smallest absolute Gasteiger partial charge is 0.343 e. The summed E-state index contributed by atoms with van der Waals surface area (Å²) in [5.74, 6) is -0.259. The van der Waals surface area contributed by atoms with Crippen molar-refractivity contribution in [3.05, 3.63) is 81.1 Å². The molecular weight excluding hydrogens is 448 g/mol. The van der Waals surface area contributed by atoms with Gasteiger partial charge in [0.2, 0.25) is 0 Å². The van der Waals surface area contributed by atoms with E-state index in [1.54, 1.807) is 41.1 Å². The largest absolute Gasteiger partial charge is 0.423 e. The average molecular weight is 469 g/mol. The van der Waals surface area contributed by atoms with E-state index < -0.39 is 5.97 Å². The maximum absolute atomic E-state index is 12.3. The molecule has 154 valence electrons. The molecular formula is C22H21BrN4O3. The quantitative estimate of drug-likeness (QED) is 0.257. The predicted octanol–water partition coefficient (Wildman–Crippen LogP) is 3.94. The molecule has 8 heteroatoms. The number of aromatic nitrogens is 2. The van der Waals surface area contributed by atoms with Crippen molar-refractivity contribution < 1.29 is 14.3 Å². The number of esters is 1. The summed E-state index contributed by atoms with van der Waals surface area (Å²) < 4.78 is 7.91. The van der Waals surface area contributed by atoms with Crippen LogP contribution in [0, 0.1) is 20.8 Å². The number of nitrogens with zero attached hydrogens (tertiary/aromatic N) is 3. The number of halogens is 1. The van der Waals surface area contributed by atoms with E-state index in [-0.39, 0.29) is 12.5 Å². The zero-order valence-corrected chi connectivity index (χ0v) is 18.4. The summed E-state index contributed by atoms with van der Waals surface area (Å²) in [5.41, 5.74) is 6.32.